The third kappa shape index (κ3) is 5.33. The summed E-state index contributed by atoms with van der Waals surface area (Å²) < 4.78 is 4.97. The molecule has 0 unspecified atom stereocenters. The highest BCUT2D eigenvalue weighted by Gasteiger charge is 2.21. The van der Waals surface area contributed by atoms with E-state index in [1.807, 2.05) is 35.6 Å². The fourth-order valence-electron chi connectivity index (χ4n) is 6.84. The maximum atomic E-state index is 5.26. The first kappa shape index (κ1) is 29.7. The molecule has 10 aromatic rings. The monoisotopic (exact) mass is 688 g/mol. The quantitative estimate of drug-likeness (QED) is 0.174. The summed E-state index contributed by atoms with van der Waals surface area (Å²) in [5, 5.41) is 5.03. The van der Waals surface area contributed by atoms with Gasteiger partial charge in [0.25, 0.3) is 0 Å². The van der Waals surface area contributed by atoms with Crippen molar-refractivity contribution in [2.45, 2.75) is 0 Å². The van der Waals surface area contributed by atoms with Crippen LogP contribution >= 0.6 is 22.7 Å². The highest BCUT2D eigenvalue weighted by Crippen LogP contribution is 2.41. The highest BCUT2D eigenvalue weighted by molar-refractivity contribution is 7.26. The molecule has 0 aliphatic carbocycles. The van der Waals surface area contributed by atoms with Gasteiger partial charge in [-0.25, -0.2) is 4.98 Å². The van der Waals surface area contributed by atoms with Gasteiger partial charge in [-0.2, -0.15) is 9.97 Å². The number of anilines is 3. The molecule has 3 heterocycles. The zero-order valence-corrected chi connectivity index (χ0v) is 28.9. The molecule has 0 radical (unpaired) electrons. The zero-order valence-electron chi connectivity index (χ0n) is 27.3. The lowest BCUT2D eigenvalue weighted by Gasteiger charge is -2.24. The second kappa shape index (κ2) is 12.3. The zero-order chi connectivity index (χ0) is 33.7. The maximum Gasteiger partial charge on any atom is 0.238 e. The summed E-state index contributed by atoms with van der Waals surface area (Å²) in [6, 6.07) is 59.7. The van der Waals surface area contributed by atoms with Crippen molar-refractivity contribution in [2.24, 2.45) is 0 Å². The second-order valence-corrected chi connectivity index (χ2v) is 14.7. The average molecular weight is 689 g/mol. The third-order valence-corrected chi connectivity index (χ3v) is 11.6. The number of hydrogen-bond acceptors (Lipinski definition) is 6. The standard InChI is InChI=1S/C45H28N4S2/c1-3-11-29(12-4-1)30-19-22-33(23-20-30)49(34-24-26-38-36-16-8-10-18-40(36)51-42(38)28-34)45-47-43(31-13-5-2-6-14-31)46-44(48-45)32-21-25-37-35-15-7-9-17-39(35)50-41(37)27-32/h1-28H. The van der Waals surface area contributed by atoms with Crippen molar-refractivity contribution < 1.29 is 0 Å². The molecule has 0 spiro atoms. The van der Waals surface area contributed by atoms with Crippen LogP contribution in [0.2, 0.25) is 0 Å². The van der Waals surface area contributed by atoms with Gasteiger partial charge < -0.3 is 0 Å². The Kier molecular flexibility index (Phi) is 7.15. The molecule has 0 aliphatic heterocycles. The minimum Gasteiger partial charge on any atom is -0.279 e. The summed E-state index contributed by atoms with van der Waals surface area (Å²) in [5.74, 6) is 1.82. The Hall–Kier alpha value is -6.21. The number of aromatic nitrogens is 3. The van der Waals surface area contributed by atoms with Crippen LogP contribution < -0.4 is 4.90 Å². The van der Waals surface area contributed by atoms with E-state index in [1.54, 1.807) is 11.3 Å². The molecule has 0 saturated carbocycles. The first-order chi connectivity index (χ1) is 25.2. The van der Waals surface area contributed by atoms with Gasteiger partial charge in [0.1, 0.15) is 0 Å². The molecule has 51 heavy (non-hydrogen) atoms. The lowest BCUT2D eigenvalue weighted by Crippen LogP contribution is -2.15. The first-order valence-corrected chi connectivity index (χ1v) is 18.5. The minimum atomic E-state index is 0.559. The lowest BCUT2D eigenvalue weighted by atomic mass is 10.1. The Labute approximate surface area is 302 Å². The number of benzene rings is 7. The molecule has 0 saturated heterocycles. The summed E-state index contributed by atoms with van der Waals surface area (Å²) in [7, 11) is 0. The van der Waals surface area contributed by atoms with Crippen molar-refractivity contribution in [2.75, 3.05) is 4.90 Å². The van der Waals surface area contributed by atoms with Crippen molar-refractivity contribution >= 4 is 80.3 Å². The Morgan fingerprint density at radius 2 is 0.804 bits per heavy atom. The molecule has 4 nitrogen and oxygen atoms in total. The molecular formula is C45H28N4S2. The van der Waals surface area contributed by atoms with Crippen molar-refractivity contribution in [1.29, 1.82) is 0 Å². The SMILES string of the molecule is c1ccc(-c2ccc(N(c3ccc4c(c3)sc3ccccc34)c3nc(-c4ccccc4)nc(-c4ccc5c(c4)sc4ccccc45)n3)cc2)cc1. The molecule has 0 atom stereocenters. The second-order valence-electron chi connectivity index (χ2n) is 12.5. The molecule has 0 bridgehead atoms. The molecule has 0 N–H and O–H groups in total. The average Bonchev–Trinajstić information content (AvgIpc) is 3.76. The fraction of sp³-hybridized carbons (Fsp3) is 0. The highest BCUT2D eigenvalue weighted by atomic mass is 32.1. The van der Waals surface area contributed by atoms with E-state index >= 15 is 0 Å². The van der Waals surface area contributed by atoms with E-state index in [2.05, 4.69) is 150 Å². The molecule has 3 aromatic heterocycles. The van der Waals surface area contributed by atoms with Crippen LogP contribution in [-0.2, 0) is 0 Å². The normalized spacial score (nSPS) is 11.5. The Balaban J connectivity index is 1.18. The van der Waals surface area contributed by atoms with E-state index in [1.165, 1.54) is 45.9 Å². The predicted molar refractivity (Wildman–Crippen MR) is 217 cm³/mol. The van der Waals surface area contributed by atoms with Crippen molar-refractivity contribution in [3.63, 3.8) is 0 Å². The number of fused-ring (bicyclic) bond motifs is 6. The molecule has 7 aromatic carbocycles. The van der Waals surface area contributed by atoms with Gasteiger partial charge in [-0.3, -0.25) is 4.90 Å². The van der Waals surface area contributed by atoms with Crippen LogP contribution in [0.3, 0.4) is 0 Å². The van der Waals surface area contributed by atoms with E-state index in [9.17, 15) is 0 Å². The molecular weight excluding hydrogens is 661 g/mol. The van der Waals surface area contributed by atoms with Gasteiger partial charge in [0.2, 0.25) is 5.95 Å². The van der Waals surface area contributed by atoms with E-state index in [0.29, 0.717) is 17.6 Å². The summed E-state index contributed by atoms with van der Waals surface area (Å²) in [5.41, 5.74) is 6.16. The smallest absolute Gasteiger partial charge is 0.238 e. The van der Waals surface area contributed by atoms with E-state index in [-0.39, 0.29) is 0 Å². The van der Waals surface area contributed by atoms with Gasteiger partial charge in [-0.1, -0.05) is 127 Å². The van der Waals surface area contributed by atoms with Crippen LogP contribution in [-0.4, -0.2) is 15.0 Å². The largest absolute Gasteiger partial charge is 0.279 e. The molecule has 0 aliphatic rings. The fourth-order valence-corrected chi connectivity index (χ4v) is 9.13. The molecule has 240 valence electrons. The molecule has 0 amide bonds. The van der Waals surface area contributed by atoms with Crippen molar-refractivity contribution in [3.8, 4) is 33.9 Å². The summed E-state index contributed by atoms with van der Waals surface area (Å²) >= 11 is 3.60. The predicted octanol–water partition coefficient (Wildman–Crippen LogP) is 13.1. The molecule has 0 fully saturated rings. The van der Waals surface area contributed by atoms with E-state index in [0.717, 1.165) is 28.1 Å². The Bertz CT molecular complexity index is 2860. The third-order valence-electron chi connectivity index (χ3n) is 9.35. The first-order valence-electron chi connectivity index (χ1n) is 16.9. The van der Waals surface area contributed by atoms with Crippen LogP contribution in [0.25, 0.3) is 74.2 Å². The minimum absolute atomic E-state index is 0.559. The Morgan fingerprint density at radius 3 is 1.47 bits per heavy atom. The molecule has 6 heteroatoms. The number of nitrogens with zero attached hydrogens (tertiary/aromatic N) is 4. The van der Waals surface area contributed by atoms with Gasteiger partial charge in [0, 0.05) is 57.2 Å². The number of hydrogen-bond donors (Lipinski definition) is 0. The van der Waals surface area contributed by atoms with Gasteiger partial charge in [-0.15, -0.1) is 22.7 Å². The number of rotatable bonds is 6. The maximum absolute atomic E-state index is 5.26. The van der Waals surface area contributed by atoms with Crippen molar-refractivity contribution in [3.05, 3.63) is 170 Å². The van der Waals surface area contributed by atoms with Gasteiger partial charge in [-0.05, 0) is 53.6 Å². The van der Waals surface area contributed by atoms with Gasteiger partial charge in [0.15, 0.2) is 11.6 Å². The van der Waals surface area contributed by atoms with Crippen LogP contribution in [0.5, 0.6) is 0 Å². The van der Waals surface area contributed by atoms with Crippen LogP contribution in [0.4, 0.5) is 17.3 Å². The molecule has 10 rings (SSSR count). The van der Waals surface area contributed by atoms with Crippen LogP contribution in [0.1, 0.15) is 0 Å². The van der Waals surface area contributed by atoms with Crippen LogP contribution in [0.15, 0.2) is 170 Å². The van der Waals surface area contributed by atoms with Crippen LogP contribution in [0, 0.1) is 0 Å². The number of thiophene rings is 2. The summed E-state index contributed by atoms with van der Waals surface area (Å²) in [6.07, 6.45) is 0. The van der Waals surface area contributed by atoms with E-state index < -0.39 is 0 Å². The van der Waals surface area contributed by atoms with Gasteiger partial charge >= 0.3 is 0 Å². The van der Waals surface area contributed by atoms with E-state index in [4.69, 9.17) is 15.0 Å². The lowest BCUT2D eigenvalue weighted by molar-refractivity contribution is 1.02. The van der Waals surface area contributed by atoms with Gasteiger partial charge in [0.05, 0.1) is 5.69 Å². The summed E-state index contributed by atoms with van der Waals surface area (Å²) in [4.78, 5) is 17.7. The topological polar surface area (TPSA) is 41.9 Å². The summed E-state index contributed by atoms with van der Waals surface area (Å²) in [6.45, 7) is 0. The van der Waals surface area contributed by atoms with Crippen molar-refractivity contribution in [1.82, 2.24) is 15.0 Å². The Morgan fingerprint density at radius 1 is 0.333 bits per heavy atom.